The molecule has 2 rings (SSSR count). The van der Waals surface area contributed by atoms with Crippen LogP contribution in [0.2, 0.25) is 10.0 Å². The number of benzene rings is 2. The Morgan fingerprint density at radius 3 is 2.44 bits per heavy atom. The Kier molecular flexibility index (Phi) is 6.45. The molecule has 0 aliphatic heterocycles. The Morgan fingerprint density at radius 1 is 1.20 bits per heavy atom. The predicted molar refractivity (Wildman–Crippen MR) is 103 cm³/mol. The van der Waals surface area contributed by atoms with Crippen LogP contribution < -0.4 is 5.73 Å². The van der Waals surface area contributed by atoms with Gasteiger partial charge in [0.05, 0.1) is 5.71 Å². The molecule has 0 fully saturated rings. The number of halogens is 2. The summed E-state index contributed by atoms with van der Waals surface area (Å²) in [6.07, 6.45) is 0.521. The lowest BCUT2D eigenvalue weighted by Crippen LogP contribution is -2.21. The topological polar surface area (TPSA) is 75.7 Å². The number of aryl methyl sites for hydroxylation is 1. The largest absolute Gasteiger partial charge is 0.507 e. The first-order valence-electron chi connectivity index (χ1n) is 7.88. The van der Waals surface area contributed by atoms with Gasteiger partial charge < -0.3 is 10.8 Å². The summed E-state index contributed by atoms with van der Waals surface area (Å²) >= 11 is 12.1. The summed E-state index contributed by atoms with van der Waals surface area (Å²) in [6.45, 7) is 3.94. The van der Waals surface area contributed by atoms with Crippen molar-refractivity contribution in [2.24, 2.45) is 16.6 Å². The highest BCUT2D eigenvalue weighted by molar-refractivity contribution is 6.32. The van der Waals surface area contributed by atoms with Crippen LogP contribution in [0, 0.1) is 12.8 Å². The van der Waals surface area contributed by atoms with Gasteiger partial charge in [-0.2, -0.15) is 0 Å². The van der Waals surface area contributed by atoms with E-state index < -0.39 is 0 Å². The van der Waals surface area contributed by atoms with Crippen LogP contribution in [0.3, 0.4) is 0 Å². The van der Waals surface area contributed by atoms with Gasteiger partial charge in [0.25, 0.3) is 0 Å². The smallest absolute Gasteiger partial charge is 0.220 e. The molecule has 1 atom stereocenters. The lowest BCUT2D eigenvalue weighted by Gasteiger charge is -2.13. The van der Waals surface area contributed by atoms with Crippen LogP contribution in [0.15, 0.2) is 41.4 Å². The van der Waals surface area contributed by atoms with Crippen molar-refractivity contribution in [2.75, 3.05) is 6.54 Å². The first kappa shape index (κ1) is 19.3. The molecule has 1 unspecified atom stereocenters. The third-order valence-electron chi connectivity index (χ3n) is 3.96. The van der Waals surface area contributed by atoms with Gasteiger partial charge >= 0.3 is 0 Å². The number of amides is 1. The van der Waals surface area contributed by atoms with Crippen molar-refractivity contribution in [3.8, 4) is 5.75 Å². The fourth-order valence-electron chi connectivity index (χ4n) is 2.37. The summed E-state index contributed by atoms with van der Waals surface area (Å²) < 4.78 is 0. The molecule has 1 amide bonds. The molecule has 6 heteroatoms. The van der Waals surface area contributed by atoms with Crippen LogP contribution in [0.5, 0.6) is 5.75 Å². The molecular formula is C19H20Cl2N2O2. The fraction of sp³-hybridized carbons (Fsp3) is 0.263. The molecule has 0 radical (unpaired) electrons. The van der Waals surface area contributed by atoms with Crippen molar-refractivity contribution in [1.82, 2.24) is 0 Å². The maximum Gasteiger partial charge on any atom is 0.220 e. The number of carbonyl (C=O) groups excluding carboxylic acids is 1. The molecule has 2 aromatic carbocycles. The van der Waals surface area contributed by atoms with Crippen molar-refractivity contribution < 1.29 is 9.90 Å². The monoisotopic (exact) mass is 378 g/mol. The van der Waals surface area contributed by atoms with Gasteiger partial charge in [-0.1, -0.05) is 42.3 Å². The van der Waals surface area contributed by atoms with Crippen LogP contribution in [-0.4, -0.2) is 23.3 Å². The number of rotatable bonds is 6. The second kappa shape index (κ2) is 8.37. The maximum atomic E-state index is 11.2. The lowest BCUT2D eigenvalue weighted by molar-refractivity contribution is -0.121. The quantitative estimate of drug-likeness (QED) is 0.732. The second-order valence-electron chi connectivity index (χ2n) is 5.95. The Labute approximate surface area is 157 Å². The van der Waals surface area contributed by atoms with E-state index in [1.165, 1.54) is 0 Å². The summed E-state index contributed by atoms with van der Waals surface area (Å²) in [5, 5.41) is 11.6. The average molecular weight is 379 g/mol. The minimum absolute atomic E-state index is 0.126. The lowest BCUT2D eigenvalue weighted by atomic mass is 9.99. The van der Waals surface area contributed by atoms with E-state index in [4.69, 9.17) is 28.9 Å². The molecule has 132 valence electrons. The van der Waals surface area contributed by atoms with Crippen molar-refractivity contribution >= 4 is 34.8 Å². The molecule has 0 bridgehead atoms. The van der Waals surface area contributed by atoms with E-state index in [2.05, 4.69) is 4.99 Å². The fourth-order valence-corrected chi connectivity index (χ4v) is 2.77. The van der Waals surface area contributed by atoms with E-state index in [9.17, 15) is 9.90 Å². The summed E-state index contributed by atoms with van der Waals surface area (Å²) in [7, 11) is 0. The molecule has 25 heavy (non-hydrogen) atoms. The van der Waals surface area contributed by atoms with E-state index >= 15 is 0 Å². The highest BCUT2D eigenvalue weighted by atomic mass is 35.5. The Balaban J connectivity index is 2.46. The molecule has 0 saturated carbocycles. The van der Waals surface area contributed by atoms with Gasteiger partial charge in [0, 0.05) is 33.6 Å². The molecule has 2 aromatic rings. The van der Waals surface area contributed by atoms with E-state index in [0.717, 1.165) is 5.56 Å². The molecule has 0 saturated heterocycles. The predicted octanol–water partition coefficient (Wildman–Crippen LogP) is 4.36. The molecule has 0 spiro atoms. The van der Waals surface area contributed by atoms with Crippen LogP contribution >= 0.6 is 23.2 Å². The molecule has 0 heterocycles. The number of nitrogens with zero attached hydrogens (tertiary/aromatic N) is 1. The van der Waals surface area contributed by atoms with Gasteiger partial charge in [0.2, 0.25) is 5.91 Å². The SMILES string of the molecule is Cc1cc(Cl)cc(C(=NCCC(C)C(N)=O)c2ccc(Cl)cc2)c1O. The molecule has 0 aliphatic rings. The standard InChI is InChI=1S/C19H20Cl2N2O2/c1-11(19(22)25)7-8-23-17(13-3-5-14(20)6-4-13)16-10-15(21)9-12(2)18(16)24/h3-6,9-11,24H,7-8H2,1-2H3,(H2,22,25). The van der Waals surface area contributed by atoms with E-state index in [0.29, 0.717) is 39.8 Å². The molecule has 4 nitrogen and oxygen atoms in total. The zero-order chi connectivity index (χ0) is 18.6. The minimum Gasteiger partial charge on any atom is -0.507 e. The van der Waals surface area contributed by atoms with Gasteiger partial charge in [0.15, 0.2) is 0 Å². The number of aromatic hydroxyl groups is 1. The van der Waals surface area contributed by atoms with Crippen molar-refractivity contribution in [3.63, 3.8) is 0 Å². The number of nitrogens with two attached hydrogens (primary N) is 1. The van der Waals surface area contributed by atoms with Gasteiger partial charge in [-0.25, -0.2) is 0 Å². The number of phenolic OH excluding ortho intramolecular Hbond substituents is 1. The summed E-state index contributed by atoms with van der Waals surface area (Å²) in [5.74, 6) is -0.504. The number of primary amides is 1. The average Bonchev–Trinajstić information content (AvgIpc) is 2.56. The maximum absolute atomic E-state index is 11.2. The second-order valence-corrected chi connectivity index (χ2v) is 6.82. The van der Waals surface area contributed by atoms with Crippen LogP contribution in [-0.2, 0) is 4.79 Å². The molecular weight excluding hydrogens is 359 g/mol. The van der Waals surface area contributed by atoms with Gasteiger partial charge in [-0.05, 0) is 43.2 Å². The number of phenols is 1. The van der Waals surface area contributed by atoms with Gasteiger partial charge in [-0.15, -0.1) is 0 Å². The zero-order valence-corrected chi connectivity index (χ0v) is 15.6. The normalized spacial score (nSPS) is 12.9. The van der Waals surface area contributed by atoms with Crippen molar-refractivity contribution in [2.45, 2.75) is 20.3 Å². The van der Waals surface area contributed by atoms with Crippen LogP contribution in [0.25, 0.3) is 0 Å². The first-order chi connectivity index (χ1) is 11.8. The molecule has 0 aliphatic carbocycles. The molecule has 0 aromatic heterocycles. The van der Waals surface area contributed by atoms with E-state index in [1.54, 1.807) is 38.1 Å². The van der Waals surface area contributed by atoms with Crippen molar-refractivity contribution in [1.29, 1.82) is 0 Å². The third kappa shape index (κ3) is 4.97. The van der Waals surface area contributed by atoms with E-state index in [1.807, 2.05) is 12.1 Å². The van der Waals surface area contributed by atoms with Gasteiger partial charge in [-0.3, -0.25) is 9.79 Å². The zero-order valence-electron chi connectivity index (χ0n) is 14.1. The summed E-state index contributed by atoms with van der Waals surface area (Å²) in [4.78, 5) is 15.8. The first-order valence-corrected chi connectivity index (χ1v) is 8.64. The highest BCUT2D eigenvalue weighted by Gasteiger charge is 2.15. The number of hydrogen-bond donors (Lipinski definition) is 2. The van der Waals surface area contributed by atoms with E-state index in [-0.39, 0.29) is 17.6 Å². The Bertz CT molecular complexity index is 802. The number of hydrogen-bond acceptors (Lipinski definition) is 3. The minimum atomic E-state index is -0.357. The number of aliphatic imine (C=N–C) groups is 1. The molecule has 3 N–H and O–H groups in total. The Morgan fingerprint density at radius 2 is 1.84 bits per heavy atom. The van der Waals surface area contributed by atoms with Crippen LogP contribution in [0.4, 0.5) is 0 Å². The number of carbonyl (C=O) groups is 1. The summed E-state index contributed by atoms with van der Waals surface area (Å²) in [5.41, 5.74) is 7.89. The Hall–Kier alpha value is -2.04. The third-order valence-corrected chi connectivity index (χ3v) is 4.43. The summed E-state index contributed by atoms with van der Waals surface area (Å²) in [6, 6.07) is 10.5. The van der Waals surface area contributed by atoms with Crippen LogP contribution in [0.1, 0.15) is 30.0 Å². The van der Waals surface area contributed by atoms with Crippen molar-refractivity contribution in [3.05, 3.63) is 63.1 Å². The highest BCUT2D eigenvalue weighted by Crippen LogP contribution is 2.29. The van der Waals surface area contributed by atoms with Gasteiger partial charge in [0.1, 0.15) is 5.75 Å².